The molecule has 2 N–H and O–H groups in total. The Morgan fingerprint density at radius 2 is 1.69 bits per heavy atom. The molecule has 0 saturated carbocycles. The van der Waals surface area contributed by atoms with Crippen molar-refractivity contribution in [3.05, 3.63) is 58.6 Å². The number of ether oxygens (including phenoxy) is 3. The normalized spacial score (nSPS) is 12.3. The summed E-state index contributed by atoms with van der Waals surface area (Å²) in [5.41, 5.74) is 1.42. The van der Waals surface area contributed by atoms with E-state index in [4.69, 9.17) is 25.8 Å². The number of halogens is 1. The van der Waals surface area contributed by atoms with E-state index in [1.807, 2.05) is 0 Å². The van der Waals surface area contributed by atoms with Gasteiger partial charge in [-0.05, 0) is 42.8 Å². The molecule has 0 heterocycles. The van der Waals surface area contributed by atoms with Crippen molar-refractivity contribution in [1.29, 1.82) is 0 Å². The average Bonchev–Trinajstić information content (AvgIpc) is 2.77. The van der Waals surface area contributed by atoms with Crippen molar-refractivity contribution in [1.82, 2.24) is 10.6 Å². The summed E-state index contributed by atoms with van der Waals surface area (Å²) in [6.07, 6.45) is -0.131. The van der Waals surface area contributed by atoms with Crippen LogP contribution in [0.3, 0.4) is 0 Å². The summed E-state index contributed by atoms with van der Waals surface area (Å²) in [4.78, 5) is 36.1. The van der Waals surface area contributed by atoms with Crippen LogP contribution in [0.5, 0.6) is 11.5 Å². The first-order valence-electron chi connectivity index (χ1n) is 9.93. The predicted octanol–water partition coefficient (Wildman–Crippen LogP) is 3.35. The molecule has 9 heteroatoms. The Kier molecular flexibility index (Phi) is 9.34. The lowest BCUT2D eigenvalue weighted by molar-refractivity contribution is -0.149. The highest BCUT2D eigenvalue weighted by atomic mass is 35.5. The SMILES string of the molecule is COc1ccc(OC)c(C(C)NC(=O)COC(=O)CC(NC(C)=O)c2ccc(Cl)cc2)c1. The maximum atomic E-state index is 12.3. The van der Waals surface area contributed by atoms with Gasteiger partial charge in [0.15, 0.2) is 6.61 Å². The molecule has 172 valence electrons. The Morgan fingerprint density at radius 1 is 1.00 bits per heavy atom. The molecule has 2 amide bonds. The molecule has 0 aliphatic rings. The van der Waals surface area contributed by atoms with E-state index >= 15 is 0 Å². The first-order chi connectivity index (χ1) is 15.2. The van der Waals surface area contributed by atoms with E-state index in [2.05, 4.69) is 10.6 Å². The minimum Gasteiger partial charge on any atom is -0.497 e. The lowest BCUT2D eigenvalue weighted by atomic mass is 10.0. The second-order valence-corrected chi connectivity index (χ2v) is 7.50. The van der Waals surface area contributed by atoms with Crippen molar-refractivity contribution < 1.29 is 28.6 Å². The minimum atomic E-state index is -0.625. The van der Waals surface area contributed by atoms with Gasteiger partial charge in [0.1, 0.15) is 11.5 Å². The number of carbonyl (C=O) groups is 3. The molecule has 0 fully saturated rings. The number of methoxy groups -OCH3 is 2. The van der Waals surface area contributed by atoms with Gasteiger partial charge in [0.2, 0.25) is 5.91 Å². The summed E-state index contributed by atoms with van der Waals surface area (Å²) in [7, 11) is 3.08. The lowest BCUT2D eigenvalue weighted by Gasteiger charge is -2.19. The lowest BCUT2D eigenvalue weighted by Crippen LogP contribution is -2.32. The van der Waals surface area contributed by atoms with Gasteiger partial charge in [-0.3, -0.25) is 14.4 Å². The predicted molar refractivity (Wildman–Crippen MR) is 120 cm³/mol. The number of esters is 1. The largest absolute Gasteiger partial charge is 0.497 e. The van der Waals surface area contributed by atoms with E-state index in [0.29, 0.717) is 22.1 Å². The zero-order chi connectivity index (χ0) is 23.7. The molecule has 0 spiro atoms. The van der Waals surface area contributed by atoms with Gasteiger partial charge in [0.25, 0.3) is 5.91 Å². The number of carbonyl (C=O) groups excluding carboxylic acids is 3. The molecule has 8 nitrogen and oxygen atoms in total. The molecule has 0 aromatic heterocycles. The third kappa shape index (κ3) is 7.46. The summed E-state index contributed by atoms with van der Waals surface area (Å²) in [5, 5.41) is 6.01. The molecule has 0 bridgehead atoms. The van der Waals surface area contributed by atoms with E-state index < -0.39 is 30.6 Å². The molecule has 0 aliphatic carbocycles. The van der Waals surface area contributed by atoms with Gasteiger partial charge in [-0.15, -0.1) is 0 Å². The smallest absolute Gasteiger partial charge is 0.308 e. The van der Waals surface area contributed by atoms with Crippen molar-refractivity contribution in [2.75, 3.05) is 20.8 Å². The molecule has 0 radical (unpaired) electrons. The standard InChI is InChI=1S/C23H27ClN2O6/c1-14(19-11-18(30-3)9-10-21(19)31-4)25-22(28)13-32-23(29)12-20(26-15(2)27)16-5-7-17(24)8-6-16/h5-11,14,20H,12-13H2,1-4H3,(H,25,28)(H,26,27). The van der Waals surface area contributed by atoms with E-state index in [9.17, 15) is 14.4 Å². The molecule has 2 aromatic carbocycles. The van der Waals surface area contributed by atoms with Gasteiger partial charge in [-0.1, -0.05) is 23.7 Å². The van der Waals surface area contributed by atoms with Crippen LogP contribution in [0.4, 0.5) is 0 Å². The molecule has 0 aliphatic heterocycles. The molecule has 2 unspecified atom stereocenters. The maximum Gasteiger partial charge on any atom is 0.308 e. The fourth-order valence-electron chi connectivity index (χ4n) is 3.10. The second-order valence-electron chi connectivity index (χ2n) is 7.07. The number of hydrogen-bond acceptors (Lipinski definition) is 6. The van der Waals surface area contributed by atoms with Gasteiger partial charge in [0, 0.05) is 17.5 Å². The third-order valence-electron chi connectivity index (χ3n) is 4.67. The molecule has 2 atom stereocenters. The van der Waals surface area contributed by atoms with Crippen molar-refractivity contribution in [2.45, 2.75) is 32.4 Å². The molecule has 0 saturated heterocycles. The highest BCUT2D eigenvalue weighted by Crippen LogP contribution is 2.29. The van der Waals surface area contributed by atoms with Crippen LogP contribution in [0, 0.1) is 0 Å². The molecule has 2 rings (SSSR count). The van der Waals surface area contributed by atoms with Crippen LogP contribution < -0.4 is 20.1 Å². The first kappa shape index (κ1) is 25.0. The monoisotopic (exact) mass is 462 g/mol. The molecule has 2 aromatic rings. The molecular formula is C23H27ClN2O6. The number of hydrogen-bond donors (Lipinski definition) is 2. The van der Waals surface area contributed by atoms with Crippen LogP contribution in [-0.2, 0) is 19.1 Å². The highest BCUT2D eigenvalue weighted by molar-refractivity contribution is 6.30. The Balaban J connectivity index is 1.94. The van der Waals surface area contributed by atoms with Gasteiger partial charge < -0.3 is 24.8 Å². The summed E-state index contributed by atoms with van der Waals surface area (Å²) < 4.78 is 15.7. The van der Waals surface area contributed by atoms with Crippen LogP contribution in [0.2, 0.25) is 5.02 Å². The number of rotatable bonds is 10. The maximum absolute atomic E-state index is 12.3. The first-order valence-corrected chi connectivity index (χ1v) is 10.3. The Hall–Kier alpha value is -3.26. The van der Waals surface area contributed by atoms with Gasteiger partial charge in [0.05, 0.1) is 32.7 Å². The minimum absolute atomic E-state index is 0.131. The van der Waals surface area contributed by atoms with E-state index in [0.717, 1.165) is 5.56 Å². The van der Waals surface area contributed by atoms with Crippen LogP contribution in [-0.4, -0.2) is 38.6 Å². The number of benzene rings is 2. The zero-order valence-corrected chi connectivity index (χ0v) is 19.2. The van der Waals surface area contributed by atoms with Crippen LogP contribution in [0.25, 0.3) is 0 Å². The quantitative estimate of drug-likeness (QED) is 0.525. The fraction of sp³-hybridized carbons (Fsp3) is 0.348. The highest BCUT2D eigenvalue weighted by Gasteiger charge is 2.20. The second kappa shape index (κ2) is 12.0. The van der Waals surface area contributed by atoms with Crippen LogP contribution >= 0.6 is 11.6 Å². The number of nitrogens with one attached hydrogen (secondary N) is 2. The van der Waals surface area contributed by atoms with Crippen molar-refractivity contribution >= 4 is 29.4 Å². The van der Waals surface area contributed by atoms with Crippen LogP contribution in [0.1, 0.15) is 43.5 Å². The van der Waals surface area contributed by atoms with Gasteiger partial charge in [-0.2, -0.15) is 0 Å². The summed E-state index contributed by atoms with van der Waals surface area (Å²) >= 11 is 5.90. The van der Waals surface area contributed by atoms with Crippen molar-refractivity contribution in [3.63, 3.8) is 0 Å². The van der Waals surface area contributed by atoms with Gasteiger partial charge >= 0.3 is 5.97 Å². The number of amides is 2. The van der Waals surface area contributed by atoms with E-state index in [1.165, 1.54) is 14.0 Å². The Bertz CT molecular complexity index is 948. The Morgan fingerprint density at radius 3 is 2.28 bits per heavy atom. The third-order valence-corrected chi connectivity index (χ3v) is 4.92. The van der Waals surface area contributed by atoms with Crippen LogP contribution in [0.15, 0.2) is 42.5 Å². The zero-order valence-electron chi connectivity index (χ0n) is 18.4. The topological polar surface area (TPSA) is 103 Å². The average molecular weight is 463 g/mol. The summed E-state index contributed by atoms with van der Waals surface area (Å²) in [5.74, 6) is -0.174. The van der Waals surface area contributed by atoms with E-state index in [1.54, 1.807) is 56.5 Å². The fourth-order valence-corrected chi connectivity index (χ4v) is 3.23. The van der Waals surface area contributed by atoms with E-state index in [-0.39, 0.29) is 12.3 Å². The van der Waals surface area contributed by atoms with Crippen molar-refractivity contribution in [2.24, 2.45) is 0 Å². The summed E-state index contributed by atoms with van der Waals surface area (Å²) in [6.45, 7) is 2.68. The summed E-state index contributed by atoms with van der Waals surface area (Å²) in [6, 6.07) is 11.0. The molecule has 32 heavy (non-hydrogen) atoms. The van der Waals surface area contributed by atoms with Gasteiger partial charge in [-0.25, -0.2) is 0 Å². The molecular weight excluding hydrogens is 436 g/mol. The van der Waals surface area contributed by atoms with Crippen molar-refractivity contribution in [3.8, 4) is 11.5 Å². The Labute approximate surface area is 192 Å².